The average molecular weight is 308 g/mol. The Hall–Kier alpha value is -1.96. The molecule has 0 aromatic carbocycles. The second-order valence-corrected chi connectivity index (χ2v) is 5.75. The third-order valence-corrected chi connectivity index (χ3v) is 4.27. The average Bonchev–Trinajstić information content (AvgIpc) is 3.13. The fourth-order valence-electron chi connectivity index (χ4n) is 3.04. The molecule has 2 aliphatic heterocycles. The number of rotatable bonds is 2. The second-order valence-electron chi connectivity index (χ2n) is 5.75. The van der Waals surface area contributed by atoms with Gasteiger partial charge in [-0.25, -0.2) is 0 Å². The summed E-state index contributed by atoms with van der Waals surface area (Å²) in [5, 5.41) is 3.80. The van der Waals surface area contributed by atoms with Crippen molar-refractivity contribution in [1.29, 1.82) is 0 Å². The number of nitrogens with zero attached hydrogens (tertiary/aromatic N) is 4. The molecule has 0 bridgehead atoms. The zero-order chi connectivity index (χ0) is 15.7. The molecule has 120 valence electrons. The van der Waals surface area contributed by atoms with E-state index in [-0.39, 0.29) is 23.7 Å². The predicted octanol–water partition coefficient (Wildman–Crippen LogP) is -0.201. The lowest BCUT2D eigenvalue weighted by atomic mass is 9.94. The summed E-state index contributed by atoms with van der Waals surface area (Å²) in [6, 6.07) is 0. The number of carbonyl (C=O) groups excluding carboxylic acids is 2. The fraction of sp³-hybridized carbons (Fsp3) is 0.714. The first-order chi connectivity index (χ1) is 10.6. The van der Waals surface area contributed by atoms with Gasteiger partial charge in [-0.05, 0) is 6.92 Å². The first-order valence-electron chi connectivity index (χ1n) is 7.48. The van der Waals surface area contributed by atoms with E-state index >= 15 is 0 Å². The van der Waals surface area contributed by atoms with Gasteiger partial charge in [0.1, 0.15) is 0 Å². The van der Waals surface area contributed by atoms with Gasteiger partial charge < -0.3 is 19.1 Å². The van der Waals surface area contributed by atoms with Crippen LogP contribution in [-0.2, 0) is 14.3 Å². The molecule has 2 unspecified atom stereocenters. The van der Waals surface area contributed by atoms with Crippen molar-refractivity contribution in [2.45, 2.75) is 19.8 Å². The Balaban J connectivity index is 1.81. The zero-order valence-corrected chi connectivity index (χ0v) is 12.8. The normalized spacial score (nSPS) is 25.5. The maximum Gasteiger partial charge on any atom is 0.232 e. The lowest BCUT2D eigenvalue weighted by molar-refractivity contribution is -0.140. The number of hydrogen-bond donors (Lipinski definition) is 0. The highest BCUT2D eigenvalue weighted by Crippen LogP contribution is 2.33. The summed E-state index contributed by atoms with van der Waals surface area (Å²) in [5.74, 6) is 0.399. The Morgan fingerprint density at radius 3 is 2.50 bits per heavy atom. The Morgan fingerprint density at radius 2 is 1.91 bits per heavy atom. The van der Waals surface area contributed by atoms with Crippen LogP contribution in [0.25, 0.3) is 0 Å². The molecule has 1 aromatic heterocycles. The molecule has 3 rings (SSSR count). The molecule has 0 aliphatic carbocycles. The highest BCUT2D eigenvalue weighted by Gasteiger charge is 2.44. The Bertz CT molecular complexity index is 567. The minimum absolute atomic E-state index is 0.0351. The monoisotopic (exact) mass is 308 g/mol. The molecule has 0 saturated carbocycles. The van der Waals surface area contributed by atoms with Crippen LogP contribution in [0, 0.1) is 12.8 Å². The summed E-state index contributed by atoms with van der Waals surface area (Å²) in [4.78, 5) is 32.2. The molecule has 8 heteroatoms. The van der Waals surface area contributed by atoms with Crippen LogP contribution in [-0.4, -0.2) is 71.1 Å². The summed E-state index contributed by atoms with van der Waals surface area (Å²) in [7, 11) is 0. The third-order valence-electron chi connectivity index (χ3n) is 4.27. The molecule has 3 heterocycles. The van der Waals surface area contributed by atoms with Crippen molar-refractivity contribution in [2.24, 2.45) is 5.92 Å². The summed E-state index contributed by atoms with van der Waals surface area (Å²) < 4.78 is 10.5. The number of likely N-dealkylation sites (tertiary alicyclic amines) is 1. The summed E-state index contributed by atoms with van der Waals surface area (Å²) in [6.07, 6.45) is 0. The Morgan fingerprint density at radius 1 is 1.18 bits per heavy atom. The first kappa shape index (κ1) is 15.0. The van der Waals surface area contributed by atoms with Crippen LogP contribution in [0.5, 0.6) is 0 Å². The van der Waals surface area contributed by atoms with Crippen LogP contribution in [0.4, 0.5) is 0 Å². The van der Waals surface area contributed by atoms with Crippen LogP contribution in [0.15, 0.2) is 4.52 Å². The third kappa shape index (κ3) is 2.83. The SMILES string of the molecule is CC(=O)N1CC(C(=O)N2CCOCC2)C(c2nc(C)no2)C1. The maximum atomic E-state index is 12.8. The number of morpholine rings is 1. The quantitative estimate of drug-likeness (QED) is 0.751. The zero-order valence-electron chi connectivity index (χ0n) is 12.8. The van der Waals surface area contributed by atoms with E-state index in [2.05, 4.69) is 10.1 Å². The molecule has 2 atom stereocenters. The topological polar surface area (TPSA) is 88.8 Å². The van der Waals surface area contributed by atoms with E-state index in [0.717, 1.165) is 0 Å². The van der Waals surface area contributed by atoms with Gasteiger partial charge in [-0.15, -0.1) is 0 Å². The molecular weight excluding hydrogens is 288 g/mol. The maximum absolute atomic E-state index is 12.8. The first-order valence-corrected chi connectivity index (χ1v) is 7.48. The molecule has 2 amide bonds. The van der Waals surface area contributed by atoms with Gasteiger partial charge >= 0.3 is 0 Å². The lowest BCUT2D eigenvalue weighted by Crippen LogP contribution is -2.45. The van der Waals surface area contributed by atoms with E-state index in [1.54, 1.807) is 16.7 Å². The highest BCUT2D eigenvalue weighted by molar-refractivity contribution is 5.82. The number of aryl methyl sites for hydroxylation is 1. The van der Waals surface area contributed by atoms with Gasteiger partial charge in [-0.1, -0.05) is 5.16 Å². The predicted molar refractivity (Wildman–Crippen MR) is 74.9 cm³/mol. The largest absolute Gasteiger partial charge is 0.378 e. The van der Waals surface area contributed by atoms with Crippen molar-refractivity contribution in [2.75, 3.05) is 39.4 Å². The van der Waals surface area contributed by atoms with Gasteiger partial charge in [-0.2, -0.15) is 4.98 Å². The van der Waals surface area contributed by atoms with Gasteiger partial charge in [-0.3, -0.25) is 9.59 Å². The smallest absolute Gasteiger partial charge is 0.232 e. The minimum Gasteiger partial charge on any atom is -0.378 e. The summed E-state index contributed by atoms with van der Waals surface area (Å²) >= 11 is 0. The van der Waals surface area contributed by atoms with Crippen molar-refractivity contribution >= 4 is 11.8 Å². The van der Waals surface area contributed by atoms with Crippen molar-refractivity contribution in [1.82, 2.24) is 19.9 Å². The van der Waals surface area contributed by atoms with Crippen LogP contribution in [0.2, 0.25) is 0 Å². The van der Waals surface area contributed by atoms with E-state index in [4.69, 9.17) is 9.26 Å². The molecule has 2 fully saturated rings. The molecule has 2 saturated heterocycles. The standard InChI is InChI=1S/C14H20N4O4/c1-9-15-13(22-16-9)11-7-18(10(2)19)8-12(11)14(20)17-3-5-21-6-4-17/h11-12H,3-8H2,1-2H3. The molecular formula is C14H20N4O4. The van der Waals surface area contributed by atoms with Crippen LogP contribution >= 0.6 is 0 Å². The van der Waals surface area contributed by atoms with Gasteiger partial charge in [0.05, 0.1) is 25.0 Å². The molecule has 0 radical (unpaired) electrons. The highest BCUT2D eigenvalue weighted by atomic mass is 16.5. The van der Waals surface area contributed by atoms with Crippen molar-refractivity contribution in [3.8, 4) is 0 Å². The molecule has 22 heavy (non-hydrogen) atoms. The van der Waals surface area contributed by atoms with Crippen LogP contribution in [0.3, 0.4) is 0 Å². The van der Waals surface area contributed by atoms with E-state index < -0.39 is 0 Å². The van der Waals surface area contributed by atoms with Gasteiger partial charge in [0.2, 0.25) is 17.7 Å². The van der Waals surface area contributed by atoms with Crippen LogP contribution in [0.1, 0.15) is 24.6 Å². The minimum atomic E-state index is -0.332. The van der Waals surface area contributed by atoms with E-state index in [1.165, 1.54) is 6.92 Å². The van der Waals surface area contributed by atoms with E-state index in [9.17, 15) is 9.59 Å². The Kier molecular flexibility index (Phi) is 4.10. The molecule has 1 aromatic rings. The molecule has 0 spiro atoms. The van der Waals surface area contributed by atoms with E-state index in [0.29, 0.717) is 51.1 Å². The second kappa shape index (κ2) is 6.04. The number of ether oxygens (including phenoxy) is 1. The number of carbonyl (C=O) groups is 2. The molecule has 0 N–H and O–H groups in total. The number of amides is 2. The molecule has 2 aliphatic rings. The number of hydrogen-bond acceptors (Lipinski definition) is 6. The lowest BCUT2D eigenvalue weighted by Gasteiger charge is -2.30. The van der Waals surface area contributed by atoms with Gasteiger partial charge in [0, 0.05) is 33.1 Å². The van der Waals surface area contributed by atoms with E-state index in [1.807, 2.05) is 0 Å². The van der Waals surface area contributed by atoms with Gasteiger partial charge in [0.25, 0.3) is 0 Å². The molecule has 8 nitrogen and oxygen atoms in total. The van der Waals surface area contributed by atoms with Crippen molar-refractivity contribution in [3.05, 3.63) is 11.7 Å². The Labute approximate surface area is 128 Å². The number of aromatic nitrogens is 2. The van der Waals surface area contributed by atoms with Crippen molar-refractivity contribution < 1.29 is 18.8 Å². The van der Waals surface area contributed by atoms with Crippen molar-refractivity contribution in [3.63, 3.8) is 0 Å². The summed E-state index contributed by atoms with van der Waals surface area (Å²) in [5.41, 5.74) is 0. The van der Waals surface area contributed by atoms with Gasteiger partial charge in [0.15, 0.2) is 5.82 Å². The fourth-order valence-corrected chi connectivity index (χ4v) is 3.04. The summed E-state index contributed by atoms with van der Waals surface area (Å²) in [6.45, 7) is 6.38. The van der Waals surface area contributed by atoms with Crippen LogP contribution < -0.4 is 0 Å².